The first-order valence-corrected chi connectivity index (χ1v) is 26.8. The van der Waals surface area contributed by atoms with Crippen LogP contribution in [0.3, 0.4) is 0 Å². The Bertz CT molecular complexity index is 989. The van der Waals surface area contributed by atoms with Gasteiger partial charge >= 0.3 is 17.9 Å². The third-order valence-electron chi connectivity index (χ3n) is 11.9. The Labute approximate surface area is 379 Å². The molecule has 0 bridgehead atoms. The monoisotopic (exact) mass is 859 g/mol. The molecule has 6 nitrogen and oxygen atoms in total. The van der Waals surface area contributed by atoms with Gasteiger partial charge in [-0.05, 0) is 70.6 Å². The Morgan fingerprint density at radius 1 is 0.311 bits per heavy atom. The van der Waals surface area contributed by atoms with Crippen LogP contribution in [0.2, 0.25) is 0 Å². The zero-order valence-corrected chi connectivity index (χ0v) is 40.9. The van der Waals surface area contributed by atoms with Gasteiger partial charge in [-0.3, -0.25) is 14.4 Å². The molecule has 0 aliphatic heterocycles. The van der Waals surface area contributed by atoms with Crippen molar-refractivity contribution < 1.29 is 28.6 Å². The second-order valence-corrected chi connectivity index (χ2v) is 18.1. The maximum atomic E-state index is 12.8. The Hall–Kier alpha value is -2.11. The maximum absolute atomic E-state index is 12.8. The van der Waals surface area contributed by atoms with Gasteiger partial charge in [-0.25, -0.2) is 0 Å². The van der Waals surface area contributed by atoms with Crippen molar-refractivity contribution in [3.05, 3.63) is 24.3 Å². The minimum Gasteiger partial charge on any atom is -0.462 e. The standard InChI is InChI=1S/C55H102O6/c1-4-7-10-13-16-19-22-24-26-27-29-31-34-37-40-43-46-49-55(58)61-52(50-59-53(56)47-44-41-38-35-32-21-18-15-12-9-6-3)51-60-54(57)48-45-42-39-36-33-30-28-25-23-20-17-14-11-8-5-2/h24-26,28,52H,4-23,27,29-51H2,1-3H3/b26-24-,28-25-/t52-/m0/s1. The van der Waals surface area contributed by atoms with Gasteiger partial charge in [-0.2, -0.15) is 0 Å². The van der Waals surface area contributed by atoms with Gasteiger partial charge in [0, 0.05) is 19.3 Å². The molecule has 0 saturated heterocycles. The molecule has 0 radical (unpaired) electrons. The van der Waals surface area contributed by atoms with E-state index in [2.05, 4.69) is 45.1 Å². The highest BCUT2D eigenvalue weighted by molar-refractivity contribution is 5.71. The van der Waals surface area contributed by atoms with Crippen LogP contribution >= 0.6 is 0 Å². The topological polar surface area (TPSA) is 78.9 Å². The molecule has 61 heavy (non-hydrogen) atoms. The van der Waals surface area contributed by atoms with Crippen LogP contribution in [-0.4, -0.2) is 37.2 Å². The minimum absolute atomic E-state index is 0.0719. The van der Waals surface area contributed by atoms with E-state index in [9.17, 15) is 14.4 Å². The summed E-state index contributed by atoms with van der Waals surface area (Å²) < 4.78 is 16.8. The first-order chi connectivity index (χ1) is 30.0. The van der Waals surface area contributed by atoms with Gasteiger partial charge in [0.15, 0.2) is 6.10 Å². The van der Waals surface area contributed by atoms with E-state index in [1.54, 1.807) is 0 Å². The highest BCUT2D eigenvalue weighted by atomic mass is 16.6. The Kier molecular flexibility index (Phi) is 48.8. The van der Waals surface area contributed by atoms with Crippen molar-refractivity contribution in [2.24, 2.45) is 0 Å². The van der Waals surface area contributed by atoms with Gasteiger partial charge in [0.25, 0.3) is 0 Å². The van der Waals surface area contributed by atoms with Crippen LogP contribution in [0, 0.1) is 0 Å². The lowest BCUT2D eigenvalue weighted by Gasteiger charge is -2.18. The summed E-state index contributed by atoms with van der Waals surface area (Å²) in [5.41, 5.74) is 0. The molecule has 0 N–H and O–H groups in total. The average molecular weight is 859 g/mol. The predicted molar refractivity (Wildman–Crippen MR) is 261 cm³/mol. The van der Waals surface area contributed by atoms with Crippen LogP contribution in [0.15, 0.2) is 24.3 Å². The van der Waals surface area contributed by atoms with E-state index in [1.807, 2.05) is 0 Å². The number of hydrogen-bond acceptors (Lipinski definition) is 6. The molecule has 358 valence electrons. The highest BCUT2D eigenvalue weighted by Gasteiger charge is 2.19. The summed E-state index contributed by atoms with van der Waals surface area (Å²) in [5, 5.41) is 0. The molecule has 0 aliphatic rings. The van der Waals surface area contributed by atoms with E-state index < -0.39 is 6.10 Å². The molecule has 0 fully saturated rings. The zero-order chi connectivity index (χ0) is 44.4. The molecule has 0 saturated carbocycles. The van der Waals surface area contributed by atoms with Gasteiger partial charge in [-0.1, -0.05) is 225 Å². The molecule has 6 heteroatoms. The van der Waals surface area contributed by atoms with Crippen molar-refractivity contribution >= 4 is 17.9 Å². The number of carbonyl (C=O) groups excluding carboxylic acids is 3. The van der Waals surface area contributed by atoms with Gasteiger partial charge in [0.1, 0.15) is 13.2 Å². The summed E-state index contributed by atoms with van der Waals surface area (Å²) in [5.74, 6) is -0.872. The fourth-order valence-electron chi connectivity index (χ4n) is 7.84. The average Bonchev–Trinajstić information content (AvgIpc) is 3.26. The molecule has 0 heterocycles. The zero-order valence-electron chi connectivity index (χ0n) is 40.9. The number of unbranched alkanes of at least 4 members (excludes halogenated alkanes) is 34. The largest absolute Gasteiger partial charge is 0.462 e. The Morgan fingerprint density at radius 3 is 0.820 bits per heavy atom. The van der Waals surface area contributed by atoms with Crippen LogP contribution in [0.5, 0.6) is 0 Å². The summed E-state index contributed by atoms with van der Waals surface area (Å²) in [4.78, 5) is 38.0. The van der Waals surface area contributed by atoms with E-state index in [-0.39, 0.29) is 31.1 Å². The smallest absolute Gasteiger partial charge is 0.306 e. The molecular weight excluding hydrogens is 757 g/mol. The lowest BCUT2D eigenvalue weighted by atomic mass is 10.1. The normalized spacial score (nSPS) is 12.1. The fourth-order valence-corrected chi connectivity index (χ4v) is 7.84. The summed E-state index contributed by atoms with van der Waals surface area (Å²) in [7, 11) is 0. The number of esters is 3. The third-order valence-corrected chi connectivity index (χ3v) is 11.9. The molecule has 0 aromatic heterocycles. The number of carbonyl (C=O) groups is 3. The van der Waals surface area contributed by atoms with Gasteiger partial charge < -0.3 is 14.2 Å². The summed E-state index contributed by atoms with van der Waals surface area (Å²) in [6.45, 7) is 6.64. The van der Waals surface area contributed by atoms with Crippen molar-refractivity contribution in [3.8, 4) is 0 Å². The molecule has 0 aromatic carbocycles. The lowest BCUT2D eigenvalue weighted by Crippen LogP contribution is -2.30. The minimum atomic E-state index is -0.772. The predicted octanol–water partition coefficient (Wildman–Crippen LogP) is 17.5. The van der Waals surface area contributed by atoms with E-state index in [1.165, 1.54) is 186 Å². The van der Waals surface area contributed by atoms with Crippen LogP contribution < -0.4 is 0 Å². The molecule has 0 unspecified atom stereocenters. The van der Waals surface area contributed by atoms with E-state index in [0.29, 0.717) is 19.3 Å². The van der Waals surface area contributed by atoms with E-state index >= 15 is 0 Å². The van der Waals surface area contributed by atoms with Crippen molar-refractivity contribution in [1.82, 2.24) is 0 Å². The molecule has 0 amide bonds. The van der Waals surface area contributed by atoms with Crippen molar-refractivity contribution in [1.29, 1.82) is 0 Å². The SMILES string of the molecule is CCCCCCCC/C=C\CCCCCCCCCC(=O)O[C@H](COC(=O)CCCCCCC/C=C\CCCCCCCC)COC(=O)CCCCCCCCCCCCC. The number of allylic oxidation sites excluding steroid dienone is 4. The van der Waals surface area contributed by atoms with E-state index in [4.69, 9.17) is 14.2 Å². The number of hydrogen-bond donors (Lipinski definition) is 0. The summed E-state index contributed by atoms with van der Waals surface area (Å²) in [6, 6.07) is 0. The highest BCUT2D eigenvalue weighted by Crippen LogP contribution is 2.15. The quantitative estimate of drug-likeness (QED) is 0.0262. The summed E-state index contributed by atoms with van der Waals surface area (Å²) >= 11 is 0. The molecule has 0 aromatic rings. The van der Waals surface area contributed by atoms with Crippen molar-refractivity contribution in [2.45, 2.75) is 297 Å². The Morgan fingerprint density at radius 2 is 0.541 bits per heavy atom. The van der Waals surface area contributed by atoms with Crippen LogP contribution in [0.1, 0.15) is 290 Å². The molecular formula is C55H102O6. The van der Waals surface area contributed by atoms with Gasteiger partial charge in [-0.15, -0.1) is 0 Å². The lowest BCUT2D eigenvalue weighted by molar-refractivity contribution is -0.167. The molecule has 1 atom stereocenters. The van der Waals surface area contributed by atoms with Crippen molar-refractivity contribution in [3.63, 3.8) is 0 Å². The first-order valence-electron chi connectivity index (χ1n) is 26.8. The fraction of sp³-hybridized carbons (Fsp3) is 0.873. The van der Waals surface area contributed by atoms with Crippen LogP contribution in [-0.2, 0) is 28.6 Å². The molecule has 0 rings (SSSR count). The van der Waals surface area contributed by atoms with Gasteiger partial charge in [0.2, 0.25) is 0 Å². The summed E-state index contributed by atoms with van der Waals surface area (Å²) in [6.07, 6.45) is 57.3. The van der Waals surface area contributed by atoms with E-state index in [0.717, 1.165) is 64.2 Å². The van der Waals surface area contributed by atoms with Crippen molar-refractivity contribution in [2.75, 3.05) is 13.2 Å². The first kappa shape index (κ1) is 58.9. The number of rotatable bonds is 49. The van der Waals surface area contributed by atoms with Crippen LogP contribution in [0.4, 0.5) is 0 Å². The second-order valence-electron chi connectivity index (χ2n) is 18.1. The molecule has 0 spiro atoms. The maximum Gasteiger partial charge on any atom is 0.306 e. The second kappa shape index (κ2) is 50.5. The molecule has 0 aliphatic carbocycles. The van der Waals surface area contributed by atoms with Crippen LogP contribution in [0.25, 0.3) is 0 Å². The Balaban J connectivity index is 4.34. The number of ether oxygens (including phenoxy) is 3. The van der Waals surface area contributed by atoms with Gasteiger partial charge in [0.05, 0.1) is 0 Å². The third kappa shape index (κ3) is 48.8.